The van der Waals surface area contributed by atoms with Crippen molar-refractivity contribution in [3.8, 4) is 0 Å². The van der Waals surface area contributed by atoms with E-state index in [4.69, 9.17) is 5.39 Å². The van der Waals surface area contributed by atoms with E-state index in [2.05, 4.69) is 23.7 Å². The molecule has 1 aromatic rings. The monoisotopic (exact) mass is 254 g/mol. The number of nitrogens with zero attached hydrogens (tertiary/aromatic N) is 3. The van der Waals surface area contributed by atoms with Gasteiger partial charge in [-0.15, -0.1) is 0 Å². The average Bonchev–Trinajstić information content (AvgIpc) is 2.22. The van der Waals surface area contributed by atoms with Crippen molar-refractivity contribution < 1.29 is 19.5 Å². The van der Waals surface area contributed by atoms with Gasteiger partial charge in [0, 0.05) is 30.9 Å². The van der Waals surface area contributed by atoms with Gasteiger partial charge < -0.3 is 4.90 Å². The normalized spacial score (nSPS) is 8.93. The SMILES string of the molecule is CCN(CC)c1ccc([N+]#N)cc1C.[Zn+2]. The Morgan fingerprint density at radius 3 is 2.27 bits per heavy atom. The first-order valence-electron chi connectivity index (χ1n) is 4.93. The number of benzene rings is 1. The van der Waals surface area contributed by atoms with Gasteiger partial charge >= 0.3 is 25.2 Å². The second-order valence-corrected chi connectivity index (χ2v) is 3.24. The molecule has 1 aromatic carbocycles. The smallest absolute Gasteiger partial charge is 0.372 e. The van der Waals surface area contributed by atoms with Crippen molar-refractivity contribution in [2.75, 3.05) is 18.0 Å². The van der Waals surface area contributed by atoms with Crippen LogP contribution in [0.4, 0.5) is 11.4 Å². The summed E-state index contributed by atoms with van der Waals surface area (Å²) in [5.74, 6) is 0. The molecule has 0 aliphatic rings. The zero-order valence-corrected chi connectivity index (χ0v) is 12.7. The predicted molar refractivity (Wildman–Crippen MR) is 59.5 cm³/mol. The van der Waals surface area contributed by atoms with Crippen LogP contribution >= 0.6 is 0 Å². The first kappa shape index (κ1) is 14.1. The molecule has 0 saturated heterocycles. The van der Waals surface area contributed by atoms with Crippen LogP contribution in [0.3, 0.4) is 0 Å². The van der Waals surface area contributed by atoms with Crippen LogP contribution in [-0.2, 0) is 19.5 Å². The second kappa shape index (κ2) is 6.53. The molecule has 4 heteroatoms. The van der Waals surface area contributed by atoms with Crippen LogP contribution < -0.4 is 4.90 Å². The summed E-state index contributed by atoms with van der Waals surface area (Å²) in [5.41, 5.74) is 2.96. The number of aryl methyl sites for hydroxylation is 1. The summed E-state index contributed by atoms with van der Waals surface area (Å²) in [6.45, 7) is 8.28. The van der Waals surface area contributed by atoms with Gasteiger partial charge in [-0.2, -0.15) is 0 Å². The van der Waals surface area contributed by atoms with E-state index in [0.29, 0.717) is 5.69 Å². The zero-order chi connectivity index (χ0) is 10.6. The number of rotatable bonds is 3. The molecule has 0 aliphatic heterocycles. The van der Waals surface area contributed by atoms with Gasteiger partial charge in [-0.25, -0.2) is 0 Å². The van der Waals surface area contributed by atoms with Crippen LogP contribution in [-0.4, -0.2) is 13.1 Å². The molecule has 0 saturated carbocycles. The van der Waals surface area contributed by atoms with Gasteiger partial charge in [-0.1, -0.05) is 0 Å². The molecule has 0 amide bonds. The van der Waals surface area contributed by atoms with Crippen molar-refractivity contribution in [3.05, 3.63) is 28.7 Å². The Bertz CT molecular complexity index is 353. The maximum Gasteiger partial charge on any atom is 2.00 e. The van der Waals surface area contributed by atoms with E-state index in [0.717, 1.165) is 18.7 Å². The van der Waals surface area contributed by atoms with Crippen molar-refractivity contribution >= 4 is 11.4 Å². The first-order valence-corrected chi connectivity index (χ1v) is 4.93. The maximum absolute atomic E-state index is 8.62. The molecule has 0 radical (unpaired) electrons. The minimum Gasteiger partial charge on any atom is -0.372 e. The standard InChI is InChI=1S/C11H16N3.Zn/c1-4-14(5-2)11-7-6-10(13-12)8-9(11)3;/h6-8H,4-5H2,1-3H3;/q+1;+2. The quantitative estimate of drug-likeness (QED) is 0.613. The summed E-state index contributed by atoms with van der Waals surface area (Å²) in [4.78, 5) is 5.44. The molecule has 0 aliphatic carbocycles. The molecule has 15 heavy (non-hydrogen) atoms. The Balaban J connectivity index is 0.00000196. The van der Waals surface area contributed by atoms with E-state index >= 15 is 0 Å². The van der Waals surface area contributed by atoms with Crippen molar-refractivity contribution in [3.63, 3.8) is 0 Å². The van der Waals surface area contributed by atoms with E-state index in [1.54, 1.807) is 0 Å². The third kappa shape index (κ3) is 3.28. The molecule has 0 unspecified atom stereocenters. The Labute approximate surface area is 104 Å². The second-order valence-electron chi connectivity index (χ2n) is 3.24. The number of hydrogen-bond acceptors (Lipinski definition) is 2. The average molecular weight is 256 g/mol. The summed E-state index contributed by atoms with van der Waals surface area (Å²) in [7, 11) is 0. The van der Waals surface area contributed by atoms with Gasteiger partial charge in [-0.3, -0.25) is 0 Å². The topological polar surface area (TPSA) is 31.4 Å². The predicted octanol–water partition coefficient (Wildman–Crippen LogP) is 3.32. The fraction of sp³-hybridized carbons (Fsp3) is 0.455. The van der Waals surface area contributed by atoms with E-state index in [1.807, 2.05) is 25.1 Å². The summed E-state index contributed by atoms with van der Waals surface area (Å²) in [5, 5.41) is 8.62. The van der Waals surface area contributed by atoms with Gasteiger partial charge in [0.05, 0.1) is 0 Å². The third-order valence-corrected chi connectivity index (χ3v) is 2.40. The summed E-state index contributed by atoms with van der Waals surface area (Å²) in [6, 6.07) is 5.70. The van der Waals surface area contributed by atoms with Crippen molar-refractivity contribution in [2.45, 2.75) is 20.8 Å². The summed E-state index contributed by atoms with van der Waals surface area (Å²) < 4.78 is 0. The van der Waals surface area contributed by atoms with Gasteiger partial charge in [0.1, 0.15) is 0 Å². The van der Waals surface area contributed by atoms with E-state index in [9.17, 15) is 0 Å². The van der Waals surface area contributed by atoms with Crippen LogP contribution in [0.15, 0.2) is 18.2 Å². The molecule has 0 aromatic heterocycles. The molecule has 0 fully saturated rings. The van der Waals surface area contributed by atoms with Gasteiger partial charge in [0.25, 0.3) is 0 Å². The van der Waals surface area contributed by atoms with Crippen molar-refractivity contribution in [1.82, 2.24) is 0 Å². The van der Waals surface area contributed by atoms with Crippen LogP contribution in [0.1, 0.15) is 19.4 Å². The Kier molecular flexibility index (Phi) is 6.12. The molecule has 3 nitrogen and oxygen atoms in total. The molecule has 0 spiro atoms. The minimum absolute atomic E-state index is 0. The largest absolute Gasteiger partial charge is 2.00 e. The molecule has 0 heterocycles. The Hall–Kier alpha value is -0.937. The molecule has 0 atom stereocenters. The van der Waals surface area contributed by atoms with Crippen LogP contribution in [0.25, 0.3) is 4.98 Å². The van der Waals surface area contributed by atoms with Crippen LogP contribution in [0.5, 0.6) is 0 Å². The maximum atomic E-state index is 8.62. The van der Waals surface area contributed by atoms with Crippen LogP contribution in [0, 0.1) is 12.3 Å². The summed E-state index contributed by atoms with van der Waals surface area (Å²) >= 11 is 0. The molecular weight excluding hydrogens is 240 g/mol. The van der Waals surface area contributed by atoms with E-state index in [1.165, 1.54) is 5.69 Å². The molecule has 0 N–H and O–H groups in total. The van der Waals surface area contributed by atoms with E-state index in [-0.39, 0.29) is 19.5 Å². The Morgan fingerprint density at radius 2 is 1.87 bits per heavy atom. The molecule has 0 bridgehead atoms. The number of anilines is 1. The first-order chi connectivity index (χ1) is 6.72. The molecule has 1 rings (SSSR count). The van der Waals surface area contributed by atoms with Crippen LogP contribution in [0.2, 0.25) is 0 Å². The zero-order valence-electron chi connectivity index (χ0n) is 9.70. The van der Waals surface area contributed by atoms with Crippen molar-refractivity contribution in [1.29, 1.82) is 5.39 Å². The van der Waals surface area contributed by atoms with Crippen molar-refractivity contribution in [2.24, 2.45) is 0 Å². The Morgan fingerprint density at radius 1 is 1.27 bits per heavy atom. The van der Waals surface area contributed by atoms with Gasteiger partial charge in [0.2, 0.25) is 5.39 Å². The fourth-order valence-electron chi connectivity index (χ4n) is 1.62. The fourth-order valence-corrected chi connectivity index (χ4v) is 1.62. The number of diazo groups is 1. The van der Waals surface area contributed by atoms with Gasteiger partial charge in [-0.05, 0) is 32.4 Å². The van der Waals surface area contributed by atoms with E-state index < -0.39 is 0 Å². The number of hydrogen-bond donors (Lipinski definition) is 0. The van der Waals surface area contributed by atoms with Gasteiger partial charge in [0.15, 0.2) is 4.98 Å². The summed E-state index contributed by atoms with van der Waals surface area (Å²) in [6.07, 6.45) is 0. The molecule has 74 valence electrons. The minimum atomic E-state index is 0. The molecular formula is C11H16N3Zn+3. The third-order valence-electron chi connectivity index (χ3n) is 2.40.